The minimum atomic E-state index is -0.201. The second-order valence-corrected chi connectivity index (χ2v) is 7.96. The first-order chi connectivity index (χ1) is 14.6. The summed E-state index contributed by atoms with van der Waals surface area (Å²) >= 11 is 1.60. The van der Waals surface area contributed by atoms with Gasteiger partial charge in [-0.1, -0.05) is 42.5 Å². The number of thiophene rings is 1. The Labute approximate surface area is 178 Å². The van der Waals surface area contributed by atoms with Crippen molar-refractivity contribution in [3.8, 4) is 0 Å². The molecule has 5 nitrogen and oxygen atoms in total. The molecule has 0 atom stereocenters. The zero-order chi connectivity index (χ0) is 20.9. The smallest absolute Gasteiger partial charge is 0.258 e. The number of H-pyrrole nitrogens is 1. The average Bonchev–Trinajstić information content (AvgIpc) is 3.17. The summed E-state index contributed by atoms with van der Waals surface area (Å²) in [5, 5.41) is 2.54. The van der Waals surface area contributed by atoms with E-state index >= 15 is 0 Å². The predicted octanol–water partition coefficient (Wildman–Crippen LogP) is 4.54. The Morgan fingerprint density at radius 3 is 2.60 bits per heavy atom. The van der Waals surface area contributed by atoms with Crippen LogP contribution in [0.2, 0.25) is 0 Å². The van der Waals surface area contributed by atoms with Crippen molar-refractivity contribution < 1.29 is 4.79 Å². The van der Waals surface area contributed by atoms with Gasteiger partial charge in [-0.3, -0.25) is 9.59 Å². The van der Waals surface area contributed by atoms with Crippen molar-refractivity contribution in [1.29, 1.82) is 0 Å². The molecule has 0 saturated heterocycles. The molecular formula is C24H21N3O2S. The monoisotopic (exact) mass is 415 g/mol. The summed E-state index contributed by atoms with van der Waals surface area (Å²) in [5.41, 5.74) is 2.56. The van der Waals surface area contributed by atoms with Gasteiger partial charge in [-0.2, -0.15) is 0 Å². The molecule has 1 N–H and O–H groups in total. The van der Waals surface area contributed by atoms with Crippen molar-refractivity contribution >= 4 is 34.2 Å². The predicted molar refractivity (Wildman–Crippen MR) is 121 cm³/mol. The maximum absolute atomic E-state index is 13.0. The first kappa shape index (κ1) is 19.8. The van der Waals surface area contributed by atoms with Gasteiger partial charge in [-0.25, -0.2) is 4.98 Å². The highest BCUT2D eigenvalue weighted by Gasteiger charge is 2.15. The van der Waals surface area contributed by atoms with E-state index in [-0.39, 0.29) is 18.0 Å². The average molecular weight is 416 g/mol. The molecule has 2 heterocycles. The summed E-state index contributed by atoms with van der Waals surface area (Å²) in [4.78, 5) is 35.6. The van der Waals surface area contributed by atoms with E-state index in [9.17, 15) is 9.59 Å². The molecule has 0 aliphatic rings. The van der Waals surface area contributed by atoms with Crippen LogP contribution >= 0.6 is 11.3 Å². The number of benzene rings is 2. The number of aromatic nitrogens is 2. The number of aromatic amines is 1. The number of aryl methyl sites for hydroxylation is 1. The second-order valence-electron chi connectivity index (χ2n) is 7.01. The number of carbonyl (C=O) groups excluding carboxylic acids is 1. The molecule has 0 aliphatic carbocycles. The number of rotatable bonds is 6. The number of nitrogens with one attached hydrogen (secondary N) is 1. The van der Waals surface area contributed by atoms with E-state index < -0.39 is 0 Å². The molecule has 0 saturated carbocycles. The van der Waals surface area contributed by atoms with Gasteiger partial charge < -0.3 is 9.88 Å². The van der Waals surface area contributed by atoms with Crippen molar-refractivity contribution in [3.05, 3.63) is 104 Å². The maximum Gasteiger partial charge on any atom is 0.258 e. The highest BCUT2D eigenvalue weighted by Crippen LogP contribution is 2.18. The number of para-hydroxylation sites is 1. The molecule has 4 rings (SSSR count). The van der Waals surface area contributed by atoms with E-state index in [0.29, 0.717) is 23.3 Å². The van der Waals surface area contributed by atoms with Crippen LogP contribution in [0.15, 0.2) is 76.9 Å². The normalized spacial score (nSPS) is 11.2. The third kappa shape index (κ3) is 4.55. The third-order valence-corrected chi connectivity index (χ3v) is 5.79. The van der Waals surface area contributed by atoms with Gasteiger partial charge in [-0.05, 0) is 47.7 Å². The topological polar surface area (TPSA) is 66.1 Å². The van der Waals surface area contributed by atoms with Crippen LogP contribution in [0.1, 0.15) is 21.8 Å². The van der Waals surface area contributed by atoms with Gasteiger partial charge in [0.1, 0.15) is 5.82 Å². The number of nitrogens with zero attached hydrogens (tertiary/aromatic N) is 2. The maximum atomic E-state index is 13.0. The van der Waals surface area contributed by atoms with Crippen molar-refractivity contribution in [2.45, 2.75) is 20.0 Å². The van der Waals surface area contributed by atoms with Gasteiger partial charge in [0, 0.05) is 17.5 Å². The fraction of sp³-hybridized carbons (Fsp3) is 0.125. The third-order valence-electron chi connectivity index (χ3n) is 4.81. The molecule has 0 fully saturated rings. The number of hydrogen-bond donors (Lipinski definition) is 1. The molecule has 30 heavy (non-hydrogen) atoms. The summed E-state index contributed by atoms with van der Waals surface area (Å²) in [7, 11) is 0. The van der Waals surface area contributed by atoms with E-state index in [4.69, 9.17) is 0 Å². The fourth-order valence-corrected chi connectivity index (χ4v) is 4.03. The van der Waals surface area contributed by atoms with Crippen LogP contribution in [-0.4, -0.2) is 20.8 Å². The van der Waals surface area contributed by atoms with Crippen LogP contribution in [0, 0.1) is 6.92 Å². The number of fused-ring (bicyclic) bond motifs is 1. The van der Waals surface area contributed by atoms with Gasteiger partial charge in [-0.15, -0.1) is 11.3 Å². The van der Waals surface area contributed by atoms with Gasteiger partial charge in [0.2, 0.25) is 5.91 Å². The van der Waals surface area contributed by atoms with Crippen LogP contribution < -0.4 is 5.56 Å². The molecule has 4 aromatic rings. The largest absolute Gasteiger partial charge is 0.327 e. The van der Waals surface area contributed by atoms with Gasteiger partial charge >= 0.3 is 0 Å². The highest BCUT2D eigenvalue weighted by atomic mass is 32.1. The Morgan fingerprint density at radius 1 is 1.07 bits per heavy atom. The Hall–Kier alpha value is -3.51. The summed E-state index contributed by atoms with van der Waals surface area (Å²) in [5.74, 6) is 0.325. The van der Waals surface area contributed by atoms with Crippen molar-refractivity contribution in [2.24, 2.45) is 0 Å². The van der Waals surface area contributed by atoms with Gasteiger partial charge in [0.15, 0.2) is 0 Å². The van der Waals surface area contributed by atoms with Crippen molar-refractivity contribution in [3.63, 3.8) is 0 Å². The molecule has 0 bridgehead atoms. The molecule has 2 aromatic carbocycles. The van der Waals surface area contributed by atoms with Crippen LogP contribution in [0.25, 0.3) is 17.0 Å². The van der Waals surface area contributed by atoms with Gasteiger partial charge in [0.05, 0.1) is 17.4 Å². The first-order valence-corrected chi connectivity index (χ1v) is 10.5. The molecule has 2 aromatic heterocycles. The quantitative estimate of drug-likeness (QED) is 0.470. The summed E-state index contributed by atoms with van der Waals surface area (Å²) in [6.45, 7) is 2.65. The zero-order valence-electron chi connectivity index (χ0n) is 16.5. The van der Waals surface area contributed by atoms with Gasteiger partial charge in [0.25, 0.3) is 5.56 Å². The summed E-state index contributed by atoms with van der Waals surface area (Å²) in [6.07, 6.45) is 3.43. The SMILES string of the molecule is Cc1ccsc1/C=C/C(=O)N(Cc1ccccc1)Cc1nc2ccccc2c(=O)[nH]1. The molecule has 1 amide bonds. The minimum absolute atomic E-state index is 0.137. The number of hydrogen-bond acceptors (Lipinski definition) is 4. The standard InChI is InChI=1S/C24H21N3O2S/c1-17-13-14-30-21(17)11-12-23(28)27(15-18-7-3-2-4-8-18)16-22-25-20-10-6-5-9-19(20)24(29)26-22/h2-14H,15-16H2,1H3,(H,25,26,29)/b12-11+. The lowest BCUT2D eigenvalue weighted by molar-refractivity contribution is -0.127. The van der Waals surface area contributed by atoms with E-state index in [1.54, 1.807) is 34.4 Å². The molecule has 0 radical (unpaired) electrons. The lowest BCUT2D eigenvalue weighted by Gasteiger charge is -2.21. The van der Waals surface area contributed by atoms with Crippen LogP contribution in [0.5, 0.6) is 0 Å². The second kappa shape index (κ2) is 8.88. The highest BCUT2D eigenvalue weighted by molar-refractivity contribution is 7.11. The number of carbonyl (C=O) groups is 1. The molecule has 150 valence electrons. The number of amides is 1. The van der Waals surface area contributed by atoms with Crippen molar-refractivity contribution in [1.82, 2.24) is 14.9 Å². The Bertz CT molecular complexity index is 1260. The Balaban J connectivity index is 1.63. The minimum Gasteiger partial charge on any atom is -0.327 e. The first-order valence-electron chi connectivity index (χ1n) is 9.63. The van der Waals surface area contributed by atoms with E-state index in [2.05, 4.69) is 9.97 Å². The van der Waals surface area contributed by atoms with E-state index in [0.717, 1.165) is 16.0 Å². The molecule has 6 heteroatoms. The lowest BCUT2D eigenvalue weighted by Crippen LogP contribution is -2.30. The van der Waals surface area contributed by atoms with Crippen LogP contribution in [0.3, 0.4) is 0 Å². The molecule has 0 aliphatic heterocycles. The Morgan fingerprint density at radius 2 is 1.83 bits per heavy atom. The molecular weight excluding hydrogens is 394 g/mol. The van der Waals surface area contributed by atoms with Crippen LogP contribution in [0.4, 0.5) is 0 Å². The Kier molecular flexibility index (Phi) is 5.86. The lowest BCUT2D eigenvalue weighted by atomic mass is 10.2. The zero-order valence-corrected chi connectivity index (χ0v) is 17.4. The fourth-order valence-electron chi connectivity index (χ4n) is 3.21. The van der Waals surface area contributed by atoms with Crippen molar-refractivity contribution in [2.75, 3.05) is 0 Å². The van der Waals surface area contributed by atoms with Crippen LogP contribution in [-0.2, 0) is 17.9 Å². The molecule has 0 spiro atoms. The molecule has 0 unspecified atom stereocenters. The summed E-state index contributed by atoms with van der Waals surface area (Å²) < 4.78 is 0. The summed E-state index contributed by atoms with van der Waals surface area (Å²) in [6, 6.07) is 19.0. The van der Waals surface area contributed by atoms with E-state index in [1.165, 1.54) is 0 Å². The van der Waals surface area contributed by atoms with E-state index in [1.807, 2.05) is 66.9 Å².